The summed E-state index contributed by atoms with van der Waals surface area (Å²) >= 11 is 0. The lowest BCUT2D eigenvalue weighted by molar-refractivity contribution is 0.508. The Morgan fingerprint density at radius 3 is 2.17 bits per heavy atom. The summed E-state index contributed by atoms with van der Waals surface area (Å²) in [5, 5.41) is 5.05. The Labute approximate surface area is 187 Å². The summed E-state index contributed by atoms with van der Waals surface area (Å²) in [5.74, 6) is 1.29. The third-order valence-electron chi connectivity index (χ3n) is 6.51. The van der Waals surface area contributed by atoms with Gasteiger partial charge >= 0.3 is 0 Å². The van der Waals surface area contributed by atoms with Crippen molar-refractivity contribution < 1.29 is 0 Å². The first-order chi connectivity index (χ1) is 14.0. The lowest BCUT2D eigenvalue weighted by Crippen LogP contribution is -2.35. The Hall–Kier alpha value is -2.07. The summed E-state index contributed by atoms with van der Waals surface area (Å²) in [6, 6.07) is 7.10. The molecule has 1 aliphatic rings. The van der Waals surface area contributed by atoms with E-state index in [0.29, 0.717) is 6.04 Å². The first-order valence-electron chi connectivity index (χ1n) is 11.2. The average molecular weight is 427 g/mol. The number of fused-ring (bicyclic) bond motifs is 3. The van der Waals surface area contributed by atoms with Gasteiger partial charge in [0, 0.05) is 23.8 Å². The van der Waals surface area contributed by atoms with E-state index in [9.17, 15) is 0 Å². The molecular weight excluding hydrogens is 392 g/mol. The number of halogens is 1. The molecule has 4 rings (SSSR count). The molecule has 0 N–H and O–H groups in total. The van der Waals surface area contributed by atoms with Crippen molar-refractivity contribution in [3.63, 3.8) is 0 Å². The molecule has 0 aliphatic carbocycles. The van der Waals surface area contributed by atoms with Gasteiger partial charge in [0.15, 0.2) is 5.65 Å². The Morgan fingerprint density at radius 1 is 0.933 bits per heavy atom. The van der Waals surface area contributed by atoms with Gasteiger partial charge in [-0.1, -0.05) is 44.9 Å². The number of hydrogen-bond acceptors (Lipinski definition) is 3. The van der Waals surface area contributed by atoms with E-state index in [2.05, 4.69) is 69.2 Å². The van der Waals surface area contributed by atoms with Crippen LogP contribution in [0.5, 0.6) is 0 Å². The maximum atomic E-state index is 5.09. The summed E-state index contributed by atoms with van der Waals surface area (Å²) in [6.45, 7) is 14.4. The number of rotatable bonds is 6. The second-order valence-corrected chi connectivity index (χ2v) is 8.64. The van der Waals surface area contributed by atoms with Crippen molar-refractivity contribution in [2.75, 3.05) is 11.4 Å². The Bertz CT molecular complexity index is 1030. The Kier molecular flexibility index (Phi) is 6.76. The summed E-state index contributed by atoms with van der Waals surface area (Å²) in [6.07, 6.45) is 5.98. The molecule has 0 spiro atoms. The fraction of sp³-hybridized carbons (Fsp3) is 0.520. The Morgan fingerprint density at radius 2 is 1.57 bits per heavy atom. The molecule has 0 saturated heterocycles. The molecule has 0 radical (unpaired) electrons. The van der Waals surface area contributed by atoms with Crippen LogP contribution in [0, 0.1) is 27.7 Å². The predicted molar refractivity (Wildman–Crippen MR) is 129 cm³/mol. The van der Waals surface area contributed by atoms with Crippen molar-refractivity contribution in [3.05, 3.63) is 46.3 Å². The zero-order valence-electron chi connectivity index (χ0n) is 19.2. The lowest BCUT2D eigenvalue weighted by Gasteiger charge is -2.30. The highest BCUT2D eigenvalue weighted by atomic mass is 35.5. The highest BCUT2D eigenvalue weighted by molar-refractivity contribution is 5.86. The van der Waals surface area contributed by atoms with Crippen LogP contribution in [0.3, 0.4) is 0 Å². The average Bonchev–Trinajstić information content (AvgIpc) is 3.24. The molecule has 3 heterocycles. The van der Waals surface area contributed by atoms with Crippen LogP contribution in [-0.4, -0.2) is 27.2 Å². The molecule has 3 aromatic rings. The molecule has 5 heteroatoms. The maximum Gasteiger partial charge on any atom is 0.165 e. The third kappa shape index (κ3) is 3.60. The van der Waals surface area contributed by atoms with Gasteiger partial charge in [-0.3, -0.25) is 0 Å². The van der Waals surface area contributed by atoms with E-state index in [1.54, 1.807) is 0 Å². The number of benzene rings is 1. The maximum absolute atomic E-state index is 5.09. The van der Waals surface area contributed by atoms with Gasteiger partial charge < -0.3 is 4.90 Å². The highest BCUT2D eigenvalue weighted by Crippen LogP contribution is 2.39. The van der Waals surface area contributed by atoms with Crippen molar-refractivity contribution in [1.82, 2.24) is 14.6 Å². The molecule has 0 saturated carbocycles. The first-order valence-corrected chi connectivity index (χ1v) is 11.2. The van der Waals surface area contributed by atoms with Gasteiger partial charge in [-0.15, -0.1) is 12.4 Å². The number of nitrogens with zero attached hydrogens (tertiary/aromatic N) is 4. The predicted octanol–water partition coefficient (Wildman–Crippen LogP) is 6.38. The van der Waals surface area contributed by atoms with Crippen molar-refractivity contribution in [1.29, 1.82) is 0 Å². The zero-order chi connectivity index (χ0) is 20.7. The third-order valence-corrected chi connectivity index (χ3v) is 6.51. The highest BCUT2D eigenvalue weighted by Gasteiger charge is 2.31. The van der Waals surface area contributed by atoms with Gasteiger partial charge in [0.25, 0.3) is 0 Å². The molecule has 162 valence electrons. The molecule has 0 atom stereocenters. The fourth-order valence-electron chi connectivity index (χ4n) is 5.19. The molecule has 1 aromatic carbocycles. The largest absolute Gasteiger partial charge is 0.353 e. The zero-order valence-corrected chi connectivity index (χ0v) is 20.1. The van der Waals surface area contributed by atoms with Crippen molar-refractivity contribution in [2.24, 2.45) is 0 Å². The van der Waals surface area contributed by atoms with E-state index in [1.807, 2.05) is 0 Å². The van der Waals surface area contributed by atoms with Crippen LogP contribution in [-0.2, 0) is 6.42 Å². The van der Waals surface area contributed by atoms with E-state index in [4.69, 9.17) is 10.1 Å². The van der Waals surface area contributed by atoms with Crippen LogP contribution in [0.1, 0.15) is 67.6 Å². The second-order valence-electron chi connectivity index (χ2n) is 8.64. The molecule has 0 amide bonds. The summed E-state index contributed by atoms with van der Waals surface area (Å²) < 4.78 is 2.16. The molecular formula is C25H35ClN4. The van der Waals surface area contributed by atoms with Crippen LogP contribution in [0.25, 0.3) is 16.8 Å². The monoisotopic (exact) mass is 426 g/mol. The molecule has 0 fully saturated rings. The summed E-state index contributed by atoms with van der Waals surface area (Å²) in [5.41, 5.74) is 9.67. The van der Waals surface area contributed by atoms with Gasteiger partial charge in [0.1, 0.15) is 5.82 Å². The topological polar surface area (TPSA) is 33.4 Å². The first kappa shape index (κ1) is 22.6. The van der Waals surface area contributed by atoms with Gasteiger partial charge in [0.2, 0.25) is 0 Å². The Balaban J connectivity index is 0.00000256. The smallest absolute Gasteiger partial charge is 0.165 e. The molecule has 4 nitrogen and oxygen atoms in total. The molecule has 1 aliphatic heterocycles. The standard InChI is InChI=1S/C25H34N4.ClH/c1-7-10-20(11-8-2)28-15-14-21-18(5)26-24-23(19(6)27-29(24)25(21)28)22-16(3)12-9-13-17(22)4;/h9,12-13,20H,7-8,10-11,14-15H2,1-6H3;1H. The van der Waals surface area contributed by atoms with E-state index in [-0.39, 0.29) is 12.4 Å². The molecule has 2 aromatic heterocycles. The van der Waals surface area contributed by atoms with E-state index >= 15 is 0 Å². The van der Waals surface area contributed by atoms with Crippen LogP contribution in [0.2, 0.25) is 0 Å². The molecule has 30 heavy (non-hydrogen) atoms. The minimum atomic E-state index is 0. The van der Waals surface area contributed by atoms with Crippen molar-refractivity contribution >= 4 is 23.9 Å². The van der Waals surface area contributed by atoms with Crippen molar-refractivity contribution in [3.8, 4) is 11.1 Å². The van der Waals surface area contributed by atoms with Crippen LogP contribution >= 0.6 is 12.4 Å². The van der Waals surface area contributed by atoms with Gasteiger partial charge in [-0.25, -0.2) is 4.98 Å². The molecule has 0 bridgehead atoms. The van der Waals surface area contributed by atoms with Gasteiger partial charge in [-0.2, -0.15) is 9.61 Å². The van der Waals surface area contributed by atoms with Gasteiger partial charge in [-0.05, 0) is 63.6 Å². The summed E-state index contributed by atoms with van der Waals surface area (Å²) in [4.78, 5) is 7.72. The minimum absolute atomic E-state index is 0. The lowest BCUT2D eigenvalue weighted by atomic mass is 9.96. The fourth-order valence-corrected chi connectivity index (χ4v) is 5.19. The number of aromatic nitrogens is 3. The van der Waals surface area contributed by atoms with E-state index < -0.39 is 0 Å². The van der Waals surface area contributed by atoms with Crippen LogP contribution < -0.4 is 4.90 Å². The van der Waals surface area contributed by atoms with E-state index in [0.717, 1.165) is 30.0 Å². The van der Waals surface area contributed by atoms with Gasteiger partial charge in [0.05, 0.1) is 11.3 Å². The number of anilines is 1. The quantitative estimate of drug-likeness (QED) is 0.458. The normalized spacial score (nSPS) is 13.2. The minimum Gasteiger partial charge on any atom is -0.353 e. The second kappa shape index (κ2) is 8.97. The SMILES string of the molecule is CCCC(CCC)N1CCc2c(C)nc3c(-c4c(C)cccc4C)c(C)nn3c21.Cl. The van der Waals surface area contributed by atoms with Crippen molar-refractivity contribution in [2.45, 2.75) is 79.7 Å². The molecule has 0 unspecified atom stereocenters. The van der Waals surface area contributed by atoms with Crippen LogP contribution in [0.15, 0.2) is 18.2 Å². The number of hydrogen-bond donors (Lipinski definition) is 0. The summed E-state index contributed by atoms with van der Waals surface area (Å²) in [7, 11) is 0. The van der Waals surface area contributed by atoms with Crippen LogP contribution in [0.4, 0.5) is 5.82 Å². The number of aryl methyl sites for hydroxylation is 4. The van der Waals surface area contributed by atoms with E-state index in [1.165, 1.54) is 59.3 Å².